The summed E-state index contributed by atoms with van der Waals surface area (Å²) in [7, 11) is 0. The number of cyclic esters (lactones) is 1. The van der Waals surface area contributed by atoms with Crippen LogP contribution >= 0.6 is 11.9 Å². The zero-order valence-corrected chi connectivity index (χ0v) is 19.7. The van der Waals surface area contributed by atoms with Gasteiger partial charge in [0.15, 0.2) is 6.61 Å². The Morgan fingerprint density at radius 1 is 1.35 bits per heavy atom. The first-order valence-corrected chi connectivity index (χ1v) is 11.6. The van der Waals surface area contributed by atoms with Gasteiger partial charge in [-0.2, -0.15) is 0 Å². The van der Waals surface area contributed by atoms with E-state index in [1.54, 1.807) is 6.07 Å². The fourth-order valence-corrected chi connectivity index (χ4v) is 4.01. The summed E-state index contributed by atoms with van der Waals surface area (Å²) in [6.45, 7) is 2.27. The number of aromatic nitrogens is 1. The van der Waals surface area contributed by atoms with Crippen LogP contribution in [0.25, 0.3) is 0 Å². The zero-order chi connectivity index (χ0) is 24.7. The van der Waals surface area contributed by atoms with Crippen molar-refractivity contribution in [1.29, 1.82) is 0 Å². The molecule has 1 aliphatic rings. The average molecular weight is 493 g/mol. The molecule has 0 amide bonds. The first kappa shape index (κ1) is 25.5. The van der Waals surface area contributed by atoms with Gasteiger partial charge in [0.25, 0.3) is 5.92 Å². The topological polar surface area (TPSA) is 97.8 Å². The third-order valence-corrected chi connectivity index (χ3v) is 5.86. The fourth-order valence-electron chi connectivity index (χ4n) is 3.42. The number of rotatable bonds is 11. The molecule has 1 atom stereocenters. The summed E-state index contributed by atoms with van der Waals surface area (Å²) in [5, 5.41) is 9.50. The van der Waals surface area contributed by atoms with Gasteiger partial charge in [0.05, 0.1) is 5.57 Å². The maximum absolute atomic E-state index is 13.3. The van der Waals surface area contributed by atoms with E-state index in [4.69, 9.17) is 14.6 Å². The monoisotopic (exact) mass is 492 g/mol. The largest absolute Gasteiger partial charge is 0.486 e. The molecule has 7 nitrogen and oxygen atoms in total. The van der Waals surface area contributed by atoms with E-state index < -0.39 is 24.5 Å². The minimum Gasteiger partial charge on any atom is -0.486 e. The van der Waals surface area contributed by atoms with Gasteiger partial charge in [0.2, 0.25) is 0 Å². The lowest BCUT2D eigenvalue weighted by Gasteiger charge is -2.26. The van der Waals surface area contributed by atoms with Crippen LogP contribution in [0.4, 0.5) is 14.5 Å². The highest BCUT2D eigenvalue weighted by atomic mass is 32.2. The van der Waals surface area contributed by atoms with Crippen molar-refractivity contribution in [2.45, 2.75) is 56.6 Å². The van der Waals surface area contributed by atoms with Crippen LogP contribution in [0.1, 0.15) is 44.2 Å². The number of carbonyl (C=O) groups excluding carboxylic acids is 1. The second-order valence-corrected chi connectivity index (χ2v) is 8.79. The van der Waals surface area contributed by atoms with Crippen molar-refractivity contribution >= 4 is 29.6 Å². The molecule has 0 aliphatic carbocycles. The molecule has 2 N–H and O–H groups in total. The Balaban J connectivity index is 1.71. The number of nitrogens with zero attached hydrogens (tertiary/aromatic N) is 1. The molecule has 1 aromatic heterocycles. The van der Waals surface area contributed by atoms with Crippen LogP contribution < -0.4 is 4.72 Å². The molecule has 0 spiro atoms. The van der Waals surface area contributed by atoms with Gasteiger partial charge in [-0.25, -0.2) is 23.4 Å². The van der Waals surface area contributed by atoms with Crippen molar-refractivity contribution in [1.82, 2.24) is 4.98 Å². The summed E-state index contributed by atoms with van der Waals surface area (Å²) in [5.74, 6) is -4.22. The molecule has 10 heteroatoms. The number of benzene rings is 1. The third kappa shape index (κ3) is 7.18. The van der Waals surface area contributed by atoms with E-state index in [-0.39, 0.29) is 18.1 Å². The van der Waals surface area contributed by atoms with Crippen LogP contribution in [-0.2, 0) is 31.4 Å². The molecule has 0 radical (unpaired) electrons. The Bertz CT molecular complexity index is 1050. The van der Waals surface area contributed by atoms with E-state index in [1.807, 2.05) is 25.1 Å². The molecule has 0 saturated heterocycles. The minimum atomic E-state index is -2.95. The van der Waals surface area contributed by atoms with Gasteiger partial charge < -0.3 is 19.3 Å². The van der Waals surface area contributed by atoms with Crippen molar-refractivity contribution in [2.75, 3.05) is 11.3 Å². The molecule has 1 aromatic carbocycles. The van der Waals surface area contributed by atoms with E-state index in [1.165, 1.54) is 24.1 Å². The lowest BCUT2D eigenvalue weighted by Crippen LogP contribution is -2.29. The predicted molar refractivity (Wildman–Crippen MR) is 123 cm³/mol. The molecular weight excluding hydrogens is 466 g/mol. The molecule has 0 fully saturated rings. The number of esters is 1. The van der Waals surface area contributed by atoms with Crippen molar-refractivity contribution in [3.63, 3.8) is 0 Å². The Hall–Kier alpha value is -3.14. The lowest BCUT2D eigenvalue weighted by molar-refractivity contribution is -0.149. The summed E-state index contributed by atoms with van der Waals surface area (Å²) < 4.78 is 40.7. The molecule has 2 heterocycles. The van der Waals surface area contributed by atoms with Crippen LogP contribution in [0.5, 0.6) is 0 Å². The number of anilines is 1. The van der Waals surface area contributed by atoms with Gasteiger partial charge in [-0.05, 0) is 36.2 Å². The molecule has 1 aliphatic heterocycles. The number of hydrogen-bond donors (Lipinski definition) is 2. The third-order valence-electron chi connectivity index (χ3n) is 5.07. The second kappa shape index (κ2) is 11.3. The van der Waals surface area contributed by atoms with Gasteiger partial charge in [0.1, 0.15) is 16.9 Å². The van der Waals surface area contributed by atoms with Crippen molar-refractivity contribution in [3.8, 4) is 0 Å². The Morgan fingerprint density at radius 3 is 2.79 bits per heavy atom. The summed E-state index contributed by atoms with van der Waals surface area (Å²) in [6.07, 6.45) is 2.86. The standard InChI is InChI=1S/C24H26F2N2O5S/c1-3-5-18-12-20(32-14-22(29)30)19(23(31)33-18)11-15-6-4-7-17(10-15)28-34-21-9-8-16(13-27-21)24(2,25)26/h4,6-10,13,18,28H,3,5,11-12,14H2,1-2H3,(H,29,30). The first-order valence-electron chi connectivity index (χ1n) is 10.8. The highest BCUT2D eigenvalue weighted by molar-refractivity contribution is 8.00. The second-order valence-electron chi connectivity index (χ2n) is 7.96. The smallest absolute Gasteiger partial charge is 0.341 e. The van der Waals surface area contributed by atoms with Crippen LogP contribution in [0.15, 0.2) is 59.0 Å². The number of nitrogens with one attached hydrogen (secondary N) is 1. The van der Waals surface area contributed by atoms with E-state index in [0.717, 1.165) is 30.8 Å². The fraction of sp³-hybridized carbons (Fsp3) is 0.375. The first-order chi connectivity index (χ1) is 16.2. The number of alkyl halides is 2. The molecular formula is C24H26F2N2O5S. The number of hydrogen-bond acceptors (Lipinski definition) is 7. The summed E-state index contributed by atoms with van der Waals surface area (Å²) in [4.78, 5) is 27.7. The number of ether oxygens (including phenoxy) is 2. The van der Waals surface area contributed by atoms with Crippen LogP contribution in [0.2, 0.25) is 0 Å². The maximum atomic E-state index is 13.3. The van der Waals surface area contributed by atoms with E-state index >= 15 is 0 Å². The molecule has 2 aromatic rings. The summed E-state index contributed by atoms with van der Waals surface area (Å²) in [6, 6.07) is 10.1. The number of aliphatic carboxylic acids is 1. The van der Waals surface area contributed by atoms with E-state index in [0.29, 0.717) is 29.2 Å². The van der Waals surface area contributed by atoms with Crippen LogP contribution in [0.3, 0.4) is 0 Å². The highest BCUT2D eigenvalue weighted by Crippen LogP contribution is 2.30. The number of carbonyl (C=O) groups is 2. The lowest BCUT2D eigenvalue weighted by atomic mass is 9.97. The molecule has 0 saturated carbocycles. The van der Waals surface area contributed by atoms with Crippen molar-refractivity contribution in [3.05, 3.63) is 65.1 Å². The molecule has 182 valence electrons. The number of carboxylic acid groups (broad SMARTS) is 1. The zero-order valence-electron chi connectivity index (χ0n) is 18.8. The quantitative estimate of drug-likeness (QED) is 0.321. The predicted octanol–water partition coefficient (Wildman–Crippen LogP) is 5.33. The summed E-state index contributed by atoms with van der Waals surface area (Å²) in [5.41, 5.74) is 1.65. The highest BCUT2D eigenvalue weighted by Gasteiger charge is 2.30. The van der Waals surface area contributed by atoms with Crippen molar-refractivity contribution in [2.24, 2.45) is 0 Å². The Morgan fingerprint density at radius 2 is 2.15 bits per heavy atom. The van der Waals surface area contributed by atoms with Gasteiger partial charge >= 0.3 is 11.9 Å². The maximum Gasteiger partial charge on any atom is 0.341 e. The Labute approximate surface area is 200 Å². The van der Waals surface area contributed by atoms with Crippen LogP contribution in [-0.4, -0.2) is 34.7 Å². The molecule has 3 rings (SSSR count). The summed E-state index contributed by atoms with van der Waals surface area (Å²) >= 11 is 1.17. The average Bonchev–Trinajstić information content (AvgIpc) is 2.78. The Kier molecular flexibility index (Phi) is 8.49. The normalized spacial score (nSPS) is 16.2. The molecule has 34 heavy (non-hydrogen) atoms. The van der Waals surface area contributed by atoms with Gasteiger partial charge in [-0.1, -0.05) is 25.5 Å². The number of pyridine rings is 1. The van der Waals surface area contributed by atoms with Crippen molar-refractivity contribution < 1.29 is 33.0 Å². The SMILES string of the molecule is CCCC1CC(OCC(=O)O)=C(Cc2cccc(NSc3ccc(C(C)(F)F)cn3)c2)C(=O)O1. The number of carboxylic acids is 1. The van der Waals surface area contributed by atoms with E-state index in [2.05, 4.69) is 9.71 Å². The molecule has 1 unspecified atom stereocenters. The minimum absolute atomic E-state index is 0.159. The van der Waals surface area contributed by atoms with E-state index in [9.17, 15) is 18.4 Å². The molecule has 0 bridgehead atoms. The van der Waals surface area contributed by atoms with Gasteiger partial charge in [-0.3, -0.25) is 0 Å². The number of halogens is 2. The van der Waals surface area contributed by atoms with Gasteiger partial charge in [0, 0.05) is 49.2 Å². The van der Waals surface area contributed by atoms with Gasteiger partial charge in [-0.15, -0.1) is 0 Å². The van der Waals surface area contributed by atoms with Crippen LogP contribution in [0, 0.1) is 0 Å².